The molecule has 1 N–H and O–H groups in total. The van der Waals surface area contributed by atoms with Crippen molar-refractivity contribution in [3.8, 4) is 0 Å². The molecular weight excluding hydrogens is 267 g/mol. The number of hydrogen-bond acceptors (Lipinski definition) is 3. The van der Waals surface area contributed by atoms with E-state index in [4.69, 9.17) is 11.6 Å². The molecule has 1 aromatic heterocycles. The molecule has 3 nitrogen and oxygen atoms in total. The van der Waals surface area contributed by atoms with Crippen LogP contribution in [0.1, 0.15) is 12.0 Å². The van der Waals surface area contributed by atoms with Crippen molar-refractivity contribution in [2.24, 2.45) is 0 Å². The SMILES string of the molecule is CNCCCN(C)c1ncc(C(F)(F)F)cc1Cl. The van der Waals surface area contributed by atoms with Crippen LogP contribution in [0.5, 0.6) is 0 Å². The third kappa shape index (κ3) is 4.03. The maximum atomic E-state index is 12.4. The molecule has 0 fully saturated rings. The van der Waals surface area contributed by atoms with E-state index >= 15 is 0 Å². The minimum Gasteiger partial charge on any atom is -0.358 e. The summed E-state index contributed by atoms with van der Waals surface area (Å²) in [5, 5.41) is 3.00. The van der Waals surface area contributed by atoms with Gasteiger partial charge in [0.1, 0.15) is 5.82 Å². The second-order valence-electron chi connectivity index (χ2n) is 3.91. The van der Waals surface area contributed by atoms with Crippen LogP contribution in [-0.4, -0.2) is 32.2 Å². The Labute approximate surface area is 109 Å². The molecule has 0 radical (unpaired) electrons. The van der Waals surface area contributed by atoms with Gasteiger partial charge in [-0.2, -0.15) is 13.2 Å². The van der Waals surface area contributed by atoms with Gasteiger partial charge in [0, 0.05) is 19.8 Å². The fourth-order valence-electron chi connectivity index (χ4n) is 1.47. The minimum atomic E-state index is -4.42. The fraction of sp³-hybridized carbons (Fsp3) is 0.545. The Kier molecular flexibility index (Phi) is 5.22. The maximum Gasteiger partial charge on any atom is 0.417 e. The molecule has 0 amide bonds. The molecule has 0 bridgehead atoms. The van der Waals surface area contributed by atoms with Gasteiger partial charge in [-0.25, -0.2) is 4.98 Å². The highest BCUT2D eigenvalue weighted by Crippen LogP contribution is 2.33. The first kappa shape index (κ1) is 15.0. The van der Waals surface area contributed by atoms with E-state index < -0.39 is 11.7 Å². The lowest BCUT2D eigenvalue weighted by Gasteiger charge is -2.20. The Hall–Kier alpha value is -1.01. The first-order valence-corrected chi connectivity index (χ1v) is 5.82. The molecule has 0 saturated carbocycles. The monoisotopic (exact) mass is 281 g/mol. The molecule has 0 aliphatic carbocycles. The lowest BCUT2D eigenvalue weighted by atomic mass is 10.2. The fourth-order valence-corrected chi connectivity index (χ4v) is 1.78. The van der Waals surface area contributed by atoms with Crippen LogP contribution >= 0.6 is 11.6 Å². The van der Waals surface area contributed by atoms with Crippen LogP contribution in [0.25, 0.3) is 0 Å². The van der Waals surface area contributed by atoms with Gasteiger partial charge in [0.05, 0.1) is 10.6 Å². The Morgan fingerprint density at radius 3 is 2.61 bits per heavy atom. The third-order valence-electron chi connectivity index (χ3n) is 2.43. The Morgan fingerprint density at radius 1 is 1.44 bits per heavy atom. The molecule has 0 unspecified atom stereocenters. The van der Waals surface area contributed by atoms with Crippen molar-refractivity contribution in [1.82, 2.24) is 10.3 Å². The summed E-state index contributed by atoms with van der Waals surface area (Å²) in [5.41, 5.74) is -0.833. The molecule has 1 heterocycles. The van der Waals surface area contributed by atoms with Gasteiger partial charge in [-0.3, -0.25) is 0 Å². The van der Waals surface area contributed by atoms with Crippen molar-refractivity contribution >= 4 is 17.4 Å². The normalized spacial score (nSPS) is 11.7. The number of alkyl halides is 3. The summed E-state index contributed by atoms with van der Waals surface area (Å²) in [7, 11) is 3.58. The molecule has 1 aromatic rings. The zero-order chi connectivity index (χ0) is 13.8. The Morgan fingerprint density at radius 2 is 2.11 bits per heavy atom. The van der Waals surface area contributed by atoms with Gasteiger partial charge >= 0.3 is 6.18 Å². The maximum absolute atomic E-state index is 12.4. The third-order valence-corrected chi connectivity index (χ3v) is 2.71. The topological polar surface area (TPSA) is 28.2 Å². The summed E-state index contributed by atoms with van der Waals surface area (Å²) in [6.07, 6.45) is -2.76. The quantitative estimate of drug-likeness (QED) is 0.841. The summed E-state index contributed by atoms with van der Waals surface area (Å²) in [5.74, 6) is 0.362. The number of nitrogens with zero attached hydrogens (tertiary/aromatic N) is 2. The van der Waals surface area contributed by atoms with E-state index in [1.807, 2.05) is 7.05 Å². The molecule has 18 heavy (non-hydrogen) atoms. The summed E-state index contributed by atoms with van der Waals surface area (Å²) >= 11 is 5.82. The Balaban J connectivity index is 2.79. The van der Waals surface area contributed by atoms with E-state index in [2.05, 4.69) is 10.3 Å². The zero-order valence-electron chi connectivity index (χ0n) is 10.2. The number of hydrogen-bond donors (Lipinski definition) is 1. The van der Waals surface area contributed by atoms with Gasteiger partial charge in [-0.15, -0.1) is 0 Å². The van der Waals surface area contributed by atoms with Crippen molar-refractivity contribution in [2.75, 3.05) is 32.1 Å². The Bertz CT molecular complexity index is 396. The standard InChI is InChI=1S/C11H15ClF3N3/c1-16-4-3-5-18(2)10-9(12)6-8(7-17-10)11(13,14)15/h6-7,16H,3-5H2,1-2H3. The number of nitrogens with one attached hydrogen (secondary N) is 1. The van der Waals surface area contributed by atoms with Crippen LogP contribution in [0, 0.1) is 0 Å². The summed E-state index contributed by atoms with van der Waals surface area (Å²) < 4.78 is 37.3. The minimum absolute atomic E-state index is 0.0109. The van der Waals surface area contributed by atoms with Crippen molar-refractivity contribution < 1.29 is 13.2 Å². The number of pyridine rings is 1. The van der Waals surface area contributed by atoms with Gasteiger partial charge in [0.25, 0.3) is 0 Å². The predicted molar refractivity (Wildman–Crippen MR) is 66.1 cm³/mol. The van der Waals surface area contributed by atoms with Crippen molar-refractivity contribution in [1.29, 1.82) is 0 Å². The summed E-state index contributed by atoms with van der Waals surface area (Å²) in [6, 6.07) is 0.901. The van der Waals surface area contributed by atoms with E-state index in [-0.39, 0.29) is 5.02 Å². The van der Waals surface area contributed by atoms with Gasteiger partial charge < -0.3 is 10.2 Å². The molecule has 1 rings (SSSR count). The molecule has 7 heteroatoms. The highest BCUT2D eigenvalue weighted by atomic mass is 35.5. The summed E-state index contributed by atoms with van der Waals surface area (Å²) in [4.78, 5) is 5.51. The van der Waals surface area contributed by atoms with Crippen molar-refractivity contribution in [3.63, 3.8) is 0 Å². The highest BCUT2D eigenvalue weighted by molar-refractivity contribution is 6.33. The van der Waals surface area contributed by atoms with Crippen LogP contribution in [0.3, 0.4) is 0 Å². The van der Waals surface area contributed by atoms with Crippen molar-refractivity contribution in [2.45, 2.75) is 12.6 Å². The first-order valence-electron chi connectivity index (χ1n) is 5.44. The van der Waals surface area contributed by atoms with E-state index in [1.54, 1.807) is 11.9 Å². The van der Waals surface area contributed by atoms with Gasteiger partial charge in [-0.05, 0) is 26.1 Å². The van der Waals surface area contributed by atoms with Crippen LogP contribution < -0.4 is 10.2 Å². The second kappa shape index (κ2) is 6.24. The number of anilines is 1. The second-order valence-corrected chi connectivity index (χ2v) is 4.31. The number of aromatic nitrogens is 1. The molecule has 0 atom stereocenters. The number of rotatable bonds is 5. The molecule has 0 aliphatic rings. The molecular formula is C11H15ClF3N3. The molecule has 0 saturated heterocycles. The van der Waals surface area contributed by atoms with E-state index in [9.17, 15) is 13.2 Å². The van der Waals surface area contributed by atoms with Crippen molar-refractivity contribution in [3.05, 3.63) is 22.8 Å². The molecule has 102 valence electrons. The van der Waals surface area contributed by atoms with Crippen LogP contribution in [0.15, 0.2) is 12.3 Å². The lowest BCUT2D eigenvalue weighted by molar-refractivity contribution is -0.137. The molecule has 0 spiro atoms. The average Bonchev–Trinajstić information content (AvgIpc) is 2.27. The van der Waals surface area contributed by atoms with Gasteiger partial charge in [0.2, 0.25) is 0 Å². The number of halogens is 4. The largest absolute Gasteiger partial charge is 0.417 e. The highest BCUT2D eigenvalue weighted by Gasteiger charge is 2.31. The predicted octanol–water partition coefficient (Wildman–Crippen LogP) is 2.80. The molecule has 0 aromatic carbocycles. The lowest BCUT2D eigenvalue weighted by Crippen LogP contribution is -2.23. The van der Waals surface area contributed by atoms with Crippen LogP contribution in [0.4, 0.5) is 19.0 Å². The van der Waals surface area contributed by atoms with E-state index in [0.717, 1.165) is 25.2 Å². The van der Waals surface area contributed by atoms with E-state index in [1.165, 1.54) is 0 Å². The van der Waals surface area contributed by atoms with Crippen LogP contribution in [0.2, 0.25) is 5.02 Å². The zero-order valence-corrected chi connectivity index (χ0v) is 10.9. The van der Waals surface area contributed by atoms with Gasteiger partial charge in [0.15, 0.2) is 0 Å². The summed E-state index contributed by atoms with van der Waals surface area (Å²) in [6.45, 7) is 1.49. The molecule has 0 aliphatic heterocycles. The average molecular weight is 282 g/mol. The first-order chi connectivity index (χ1) is 8.36. The smallest absolute Gasteiger partial charge is 0.358 e. The van der Waals surface area contributed by atoms with E-state index in [0.29, 0.717) is 12.4 Å². The van der Waals surface area contributed by atoms with Crippen LogP contribution in [-0.2, 0) is 6.18 Å². The van der Waals surface area contributed by atoms with Gasteiger partial charge in [-0.1, -0.05) is 11.6 Å².